The van der Waals surface area contributed by atoms with Gasteiger partial charge in [0.05, 0.1) is 5.39 Å². The summed E-state index contributed by atoms with van der Waals surface area (Å²) in [7, 11) is 0. The zero-order chi connectivity index (χ0) is 14.7. The Balaban J connectivity index is 2.18. The van der Waals surface area contributed by atoms with Gasteiger partial charge < -0.3 is 10.4 Å². The summed E-state index contributed by atoms with van der Waals surface area (Å²) in [4.78, 5) is 9.78. The number of aliphatic hydroxyl groups excluding tert-OH is 1. The molecule has 108 valence electrons. The van der Waals surface area contributed by atoms with Crippen molar-refractivity contribution in [3.8, 4) is 11.1 Å². The molecule has 3 aromatic rings. The van der Waals surface area contributed by atoms with Gasteiger partial charge in [0.15, 0.2) is 5.82 Å². The molecule has 2 heterocycles. The van der Waals surface area contributed by atoms with Crippen molar-refractivity contribution in [3.63, 3.8) is 0 Å². The number of hydrogen-bond acceptors (Lipinski definition) is 5. The molecule has 4 nitrogen and oxygen atoms in total. The Kier molecular flexibility index (Phi) is 4.13. The summed E-state index contributed by atoms with van der Waals surface area (Å²) in [6, 6.07) is 10.2. The van der Waals surface area contributed by atoms with Gasteiger partial charge in [-0.1, -0.05) is 37.3 Å². The number of benzene rings is 1. The minimum absolute atomic E-state index is 0.144. The summed E-state index contributed by atoms with van der Waals surface area (Å²) in [6.45, 7) is 2.82. The molecule has 21 heavy (non-hydrogen) atoms. The van der Waals surface area contributed by atoms with Gasteiger partial charge in [-0.2, -0.15) is 0 Å². The molecule has 1 aromatic carbocycles. The molecule has 0 aliphatic rings. The highest BCUT2D eigenvalue weighted by Gasteiger charge is 2.14. The third kappa shape index (κ3) is 2.75. The lowest BCUT2D eigenvalue weighted by atomic mass is 10.1. The van der Waals surface area contributed by atoms with Crippen LogP contribution in [0.15, 0.2) is 35.7 Å². The third-order valence-electron chi connectivity index (χ3n) is 3.25. The number of nitrogens with zero attached hydrogens (tertiary/aromatic N) is 2. The number of aliphatic hydroxyl groups is 1. The van der Waals surface area contributed by atoms with Gasteiger partial charge in [0.25, 0.3) is 0 Å². The zero-order valence-electron chi connectivity index (χ0n) is 11.8. The second kappa shape index (κ2) is 6.20. The highest BCUT2D eigenvalue weighted by Crippen LogP contribution is 2.36. The number of nitrogens with one attached hydrogen (secondary N) is 1. The Bertz CT molecular complexity index is 740. The van der Waals surface area contributed by atoms with Gasteiger partial charge in [0, 0.05) is 17.5 Å². The molecule has 0 bridgehead atoms. The molecule has 0 atom stereocenters. The second-order valence-corrected chi connectivity index (χ2v) is 5.63. The van der Waals surface area contributed by atoms with Gasteiger partial charge in [-0.05, 0) is 12.0 Å². The van der Waals surface area contributed by atoms with Crippen molar-refractivity contribution < 1.29 is 5.11 Å². The van der Waals surface area contributed by atoms with E-state index in [9.17, 15) is 5.11 Å². The minimum atomic E-state index is -0.144. The van der Waals surface area contributed by atoms with E-state index in [1.54, 1.807) is 11.3 Å². The van der Waals surface area contributed by atoms with E-state index >= 15 is 0 Å². The van der Waals surface area contributed by atoms with E-state index in [-0.39, 0.29) is 6.61 Å². The molecule has 5 heteroatoms. The van der Waals surface area contributed by atoms with Gasteiger partial charge >= 0.3 is 0 Å². The molecular weight excluding hydrogens is 282 g/mol. The summed E-state index contributed by atoms with van der Waals surface area (Å²) in [5, 5.41) is 15.8. The standard InChI is InChI=1S/C16H17N3OS/c1-2-8-17-15-14-12(11-6-4-3-5-7-11)10-21-16(14)19-13(9-20)18-15/h3-7,10,20H,2,8-9H2,1H3,(H,17,18,19). The van der Waals surface area contributed by atoms with E-state index in [4.69, 9.17) is 0 Å². The number of thiophene rings is 1. The predicted molar refractivity (Wildman–Crippen MR) is 87.6 cm³/mol. The predicted octanol–water partition coefficient (Wildman–Crippen LogP) is 3.67. The Hall–Kier alpha value is -1.98. The van der Waals surface area contributed by atoms with E-state index in [1.165, 1.54) is 0 Å². The molecule has 0 fully saturated rings. The molecule has 0 amide bonds. The SMILES string of the molecule is CCCNc1nc(CO)nc2scc(-c3ccccc3)c12. The smallest absolute Gasteiger partial charge is 0.157 e. The van der Waals surface area contributed by atoms with Crippen LogP contribution in [0.2, 0.25) is 0 Å². The minimum Gasteiger partial charge on any atom is -0.388 e. The molecular formula is C16H17N3OS. The average Bonchev–Trinajstić information content (AvgIpc) is 2.97. The largest absolute Gasteiger partial charge is 0.388 e. The van der Waals surface area contributed by atoms with Gasteiger partial charge in [-0.25, -0.2) is 9.97 Å². The molecule has 0 unspecified atom stereocenters. The molecule has 0 saturated carbocycles. The van der Waals surface area contributed by atoms with Crippen molar-refractivity contribution >= 4 is 27.4 Å². The molecule has 0 aliphatic heterocycles. The quantitative estimate of drug-likeness (QED) is 0.754. The van der Waals surface area contributed by atoms with Crippen LogP contribution in [-0.2, 0) is 6.61 Å². The van der Waals surface area contributed by atoms with Crippen molar-refractivity contribution in [2.24, 2.45) is 0 Å². The number of anilines is 1. The summed E-state index contributed by atoms with van der Waals surface area (Å²) >= 11 is 1.58. The molecule has 2 aromatic heterocycles. The fraction of sp³-hybridized carbons (Fsp3) is 0.250. The first-order valence-electron chi connectivity index (χ1n) is 7.01. The number of aromatic nitrogens is 2. The van der Waals surface area contributed by atoms with E-state index in [0.29, 0.717) is 5.82 Å². The fourth-order valence-corrected chi connectivity index (χ4v) is 3.22. The summed E-state index contributed by atoms with van der Waals surface area (Å²) in [5.41, 5.74) is 2.29. The number of fused-ring (bicyclic) bond motifs is 1. The molecule has 3 rings (SSSR count). The van der Waals surface area contributed by atoms with Crippen LogP contribution in [0.4, 0.5) is 5.82 Å². The van der Waals surface area contributed by atoms with Crippen molar-refractivity contribution in [1.82, 2.24) is 9.97 Å². The van der Waals surface area contributed by atoms with Crippen LogP contribution in [0.5, 0.6) is 0 Å². The summed E-state index contributed by atoms with van der Waals surface area (Å²) in [6.07, 6.45) is 1.02. The van der Waals surface area contributed by atoms with E-state index < -0.39 is 0 Å². The summed E-state index contributed by atoms with van der Waals surface area (Å²) < 4.78 is 0. The fourth-order valence-electron chi connectivity index (χ4n) is 2.26. The van der Waals surface area contributed by atoms with E-state index in [0.717, 1.165) is 40.1 Å². The third-order valence-corrected chi connectivity index (χ3v) is 4.12. The van der Waals surface area contributed by atoms with E-state index in [2.05, 4.69) is 39.7 Å². The van der Waals surface area contributed by atoms with Crippen molar-refractivity contribution in [1.29, 1.82) is 0 Å². The van der Waals surface area contributed by atoms with Gasteiger partial charge in [0.1, 0.15) is 17.3 Å². The van der Waals surface area contributed by atoms with Gasteiger partial charge in [-0.3, -0.25) is 0 Å². The van der Waals surface area contributed by atoms with Crippen LogP contribution in [0, 0.1) is 0 Å². The molecule has 2 N–H and O–H groups in total. The highest BCUT2D eigenvalue weighted by atomic mass is 32.1. The van der Waals surface area contributed by atoms with E-state index in [1.807, 2.05) is 18.2 Å². The Morgan fingerprint density at radius 2 is 2.00 bits per heavy atom. The second-order valence-electron chi connectivity index (χ2n) is 4.77. The van der Waals surface area contributed by atoms with Crippen molar-refractivity contribution in [3.05, 3.63) is 41.5 Å². The Morgan fingerprint density at radius 3 is 2.71 bits per heavy atom. The lowest BCUT2D eigenvalue weighted by Gasteiger charge is -2.09. The topological polar surface area (TPSA) is 58.0 Å². The van der Waals surface area contributed by atoms with Crippen molar-refractivity contribution in [2.75, 3.05) is 11.9 Å². The van der Waals surface area contributed by atoms with Crippen molar-refractivity contribution in [2.45, 2.75) is 20.0 Å². The normalized spacial score (nSPS) is 11.0. The molecule has 0 saturated heterocycles. The first kappa shape index (κ1) is 14.0. The Morgan fingerprint density at radius 1 is 1.19 bits per heavy atom. The van der Waals surface area contributed by atoms with Crippen LogP contribution in [0.3, 0.4) is 0 Å². The number of rotatable bonds is 5. The molecule has 0 aliphatic carbocycles. The number of hydrogen-bond donors (Lipinski definition) is 2. The van der Waals surface area contributed by atoms with Crippen LogP contribution in [-0.4, -0.2) is 21.6 Å². The van der Waals surface area contributed by atoms with Crippen LogP contribution >= 0.6 is 11.3 Å². The monoisotopic (exact) mass is 299 g/mol. The first-order valence-corrected chi connectivity index (χ1v) is 7.89. The molecule has 0 spiro atoms. The maximum absolute atomic E-state index is 9.32. The van der Waals surface area contributed by atoms with Gasteiger partial charge in [-0.15, -0.1) is 11.3 Å². The highest BCUT2D eigenvalue weighted by molar-refractivity contribution is 7.17. The summed E-state index contributed by atoms with van der Waals surface area (Å²) in [5.74, 6) is 1.27. The average molecular weight is 299 g/mol. The van der Waals surface area contributed by atoms with Crippen LogP contribution in [0.1, 0.15) is 19.2 Å². The maximum atomic E-state index is 9.32. The lowest BCUT2D eigenvalue weighted by molar-refractivity contribution is 0.272. The van der Waals surface area contributed by atoms with Crippen LogP contribution < -0.4 is 5.32 Å². The lowest BCUT2D eigenvalue weighted by Crippen LogP contribution is -2.05. The van der Waals surface area contributed by atoms with Crippen LogP contribution in [0.25, 0.3) is 21.3 Å². The molecule has 0 radical (unpaired) electrons. The first-order chi connectivity index (χ1) is 10.3. The Labute approximate surface area is 127 Å². The van der Waals surface area contributed by atoms with Gasteiger partial charge in [0.2, 0.25) is 0 Å². The maximum Gasteiger partial charge on any atom is 0.157 e. The zero-order valence-corrected chi connectivity index (χ0v) is 12.7.